The van der Waals surface area contributed by atoms with Crippen LogP contribution in [0.15, 0.2) is 22.7 Å². The van der Waals surface area contributed by atoms with Crippen LogP contribution in [0.5, 0.6) is 0 Å². The number of aliphatic hydroxyl groups excluding tert-OH is 2. The van der Waals surface area contributed by atoms with Crippen molar-refractivity contribution in [2.45, 2.75) is 6.10 Å². The zero-order valence-corrected chi connectivity index (χ0v) is 8.64. The van der Waals surface area contributed by atoms with Gasteiger partial charge in [0.25, 0.3) is 5.69 Å². The number of halogens is 1. The first-order valence-corrected chi connectivity index (χ1v) is 4.59. The highest BCUT2D eigenvalue weighted by Gasteiger charge is 2.18. The number of aliphatic hydroxyl groups is 2. The summed E-state index contributed by atoms with van der Waals surface area (Å²) in [6.07, 6.45) is -1.11. The second kappa shape index (κ2) is 4.50. The Kier molecular flexibility index (Phi) is 3.56. The summed E-state index contributed by atoms with van der Waals surface area (Å²) in [6, 6.07) is 4.28. The number of nitrogens with zero attached hydrogens (tertiary/aromatic N) is 1. The van der Waals surface area contributed by atoms with Gasteiger partial charge in [0.05, 0.1) is 11.5 Å². The highest BCUT2D eigenvalue weighted by atomic mass is 79.9. The normalized spacial score (nSPS) is 12.5. The van der Waals surface area contributed by atoms with E-state index in [0.29, 0.717) is 5.56 Å². The summed E-state index contributed by atoms with van der Waals surface area (Å²) in [6.45, 7) is -0.472. The maximum atomic E-state index is 10.5. The zero-order chi connectivity index (χ0) is 10.7. The lowest BCUT2D eigenvalue weighted by atomic mass is 10.1. The Morgan fingerprint density at radius 1 is 1.57 bits per heavy atom. The predicted molar refractivity (Wildman–Crippen MR) is 52.8 cm³/mol. The molecule has 1 rings (SSSR count). The van der Waals surface area contributed by atoms with Gasteiger partial charge in [-0.05, 0) is 15.9 Å². The van der Waals surface area contributed by atoms with Gasteiger partial charge in [0.2, 0.25) is 0 Å². The molecule has 1 unspecified atom stereocenters. The minimum atomic E-state index is -1.11. The van der Waals surface area contributed by atoms with Crippen molar-refractivity contribution in [3.63, 3.8) is 0 Å². The molecule has 1 aromatic carbocycles. The number of benzene rings is 1. The maximum absolute atomic E-state index is 10.5. The Morgan fingerprint density at radius 3 is 2.71 bits per heavy atom. The Hall–Kier alpha value is -0.980. The molecule has 0 bridgehead atoms. The summed E-state index contributed by atoms with van der Waals surface area (Å²) in [4.78, 5) is 9.96. The molecule has 0 radical (unpaired) electrons. The van der Waals surface area contributed by atoms with E-state index in [4.69, 9.17) is 5.11 Å². The Labute approximate surface area is 88.3 Å². The molecular weight excluding hydrogens is 254 g/mol. The number of nitro benzene ring substituents is 1. The lowest BCUT2D eigenvalue weighted by molar-refractivity contribution is -0.385. The van der Waals surface area contributed by atoms with Crippen LogP contribution in [0.25, 0.3) is 0 Å². The molecule has 0 saturated heterocycles. The van der Waals surface area contributed by atoms with Crippen LogP contribution in [-0.2, 0) is 0 Å². The topological polar surface area (TPSA) is 83.6 Å². The van der Waals surface area contributed by atoms with E-state index in [0.717, 1.165) is 0 Å². The third-order valence-corrected chi connectivity index (χ3v) is 2.60. The van der Waals surface area contributed by atoms with Crippen LogP contribution in [0.2, 0.25) is 0 Å². The Balaban J connectivity index is 3.20. The van der Waals surface area contributed by atoms with Crippen molar-refractivity contribution < 1.29 is 15.1 Å². The number of nitro groups is 1. The van der Waals surface area contributed by atoms with Gasteiger partial charge in [-0.2, -0.15) is 0 Å². The second-order valence-electron chi connectivity index (χ2n) is 2.64. The van der Waals surface area contributed by atoms with E-state index in [2.05, 4.69) is 15.9 Å². The van der Waals surface area contributed by atoms with Gasteiger partial charge in [-0.15, -0.1) is 0 Å². The van der Waals surface area contributed by atoms with Gasteiger partial charge in [-0.25, -0.2) is 0 Å². The van der Waals surface area contributed by atoms with Gasteiger partial charge in [-0.3, -0.25) is 10.1 Å². The molecule has 1 atom stereocenters. The molecule has 0 saturated carbocycles. The van der Waals surface area contributed by atoms with Crippen molar-refractivity contribution >= 4 is 21.6 Å². The Morgan fingerprint density at radius 2 is 2.21 bits per heavy atom. The monoisotopic (exact) mass is 261 g/mol. The quantitative estimate of drug-likeness (QED) is 0.636. The first-order chi connectivity index (χ1) is 6.57. The summed E-state index contributed by atoms with van der Waals surface area (Å²) in [5.74, 6) is 0. The van der Waals surface area contributed by atoms with Gasteiger partial charge in [0.1, 0.15) is 10.6 Å². The molecule has 1 aromatic rings. The third kappa shape index (κ3) is 2.09. The minimum Gasteiger partial charge on any atom is -0.393 e. The first kappa shape index (κ1) is 11.1. The lowest BCUT2D eigenvalue weighted by Gasteiger charge is -2.09. The van der Waals surface area contributed by atoms with E-state index in [9.17, 15) is 15.2 Å². The van der Waals surface area contributed by atoms with E-state index >= 15 is 0 Å². The van der Waals surface area contributed by atoms with Crippen molar-refractivity contribution in [2.24, 2.45) is 0 Å². The summed E-state index contributed by atoms with van der Waals surface area (Å²) in [7, 11) is 0. The summed E-state index contributed by atoms with van der Waals surface area (Å²) >= 11 is 3.01. The van der Waals surface area contributed by atoms with E-state index in [1.165, 1.54) is 18.2 Å². The van der Waals surface area contributed by atoms with Crippen LogP contribution in [0.4, 0.5) is 5.69 Å². The summed E-state index contributed by atoms with van der Waals surface area (Å²) in [5, 5.41) is 28.5. The fourth-order valence-corrected chi connectivity index (χ4v) is 1.71. The van der Waals surface area contributed by atoms with Crippen LogP contribution >= 0.6 is 15.9 Å². The standard InChI is InChI=1S/C8H8BrNO4/c9-8-5(7(12)4-11)2-1-3-6(8)10(13)14/h1-3,7,11-12H,4H2. The van der Waals surface area contributed by atoms with Gasteiger partial charge >= 0.3 is 0 Å². The van der Waals surface area contributed by atoms with Crippen molar-refractivity contribution in [2.75, 3.05) is 6.61 Å². The lowest BCUT2D eigenvalue weighted by Crippen LogP contribution is -2.04. The summed E-state index contributed by atoms with van der Waals surface area (Å²) < 4.78 is 0.201. The van der Waals surface area contributed by atoms with E-state index < -0.39 is 17.6 Å². The smallest absolute Gasteiger partial charge is 0.283 e. The molecule has 0 amide bonds. The highest BCUT2D eigenvalue weighted by molar-refractivity contribution is 9.10. The maximum Gasteiger partial charge on any atom is 0.283 e. The zero-order valence-electron chi connectivity index (χ0n) is 7.05. The fourth-order valence-electron chi connectivity index (χ4n) is 1.03. The molecule has 0 aliphatic carbocycles. The van der Waals surface area contributed by atoms with Gasteiger partial charge < -0.3 is 10.2 Å². The molecule has 5 nitrogen and oxygen atoms in total. The van der Waals surface area contributed by atoms with Crippen molar-refractivity contribution in [1.82, 2.24) is 0 Å². The SMILES string of the molecule is O=[N+]([O-])c1cccc(C(O)CO)c1Br. The van der Waals surface area contributed by atoms with E-state index in [-0.39, 0.29) is 10.2 Å². The summed E-state index contributed by atoms with van der Waals surface area (Å²) in [5.41, 5.74) is 0.178. The molecule has 0 aliphatic rings. The van der Waals surface area contributed by atoms with Gasteiger partial charge in [-0.1, -0.05) is 12.1 Å². The van der Waals surface area contributed by atoms with Crippen molar-refractivity contribution in [1.29, 1.82) is 0 Å². The molecule has 0 heterocycles. The molecular formula is C8H8BrNO4. The Bertz CT molecular complexity index is 355. The first-order valence-electron chi connectivity index (χ1n) is 3.79. The van der Waals surface area contributed by atoms with Crippen LogP contribution in [0.3, 0.4) is 0 Å². The van der Waals surface area contributed by atoms with E-state index in [1.54, 1.807) is 0 Å². The van der Waals surface area contributed by atoms with Crippen molar-refractivity contribution in [3.8, 4) is 0 Å². The molecule has 0 aromatic heterocycles. The number of hydrogen-bond acceptors (Lipinski definition) is 4. The highest BCUT2D eigenvalue weighted by Crippen LogP contribution is 2.31. The predicted octanol–water partition coefficient (Wildman–Crippen LogP) is 1.38. The van der Waals surface area contributed by atoms with Crippen molar-refractivity contribution in [3.05, 3.63) is 38.3 Å². The second-order valence-corrected chi connectivity index (χ2v) is 3.43. The molecule has 0 spiro atoms. The average molecular weight is 262 g/mol. The van der Waals surface area contributed by atoms with E-state index in [1.807, 2.05) is 0 Å². The van der Waals surface area contributed by atoms with Crippen LogP contribution in [-0.4, -0.2) is 21.7 Å². The number of rotatable bonds is 3. The van der Waals surface area contributed by atoms with Gasteiger partial charge in [0.15, 0.2) is 0 Å². The molecule has 6 heteroatoms. The van der Waals surface area contributed by atoms with Crippen LogP contribution in [0, 0.1) is 10.1 Å². The number of hydrogen-bond donors (Lipinski definition) is 2. The average Bonchev–Trinajstić information content (AvgIpc) is 2.16. The fraction of sp³-hybridized carbons (Fsp3) is 0.250. The van der Waals surface area contributed by atoms with Crippen LogP contribution < -0.4 is 0 Å². The minimum absolute atomic E-state index is 0.130. The molecule has 14 heavy (non-hydrogen) atoms. The van der Waals surface area contributed by atoms with Gasteiger partial charge in [0, 0.05) is 11.6 Å². The largest absolute Gasteiger partial charge is 0.393 e. The molecule has 76 valence electrons. The van der Waals surface area contributed by atoms with Crippen LogP contribution in [0.1, 0.15) is 11.7 Å². The molecule has 0 aliphatic heterocycles. The third-order valence-electron chi connectivity index (χ3n) is 1.74. The molecule has 2 N–H and O–H groups in total. The molecule has 0 fully saturated rings.